The van der Waals surface area contributed by atoms with Crippen molar-refractivity contribution in [3.05, 3.63) is 94.8 Å². The quantitative estimate of drug-likeness (QED) is 0.606. The predicted octanol–water partition coefficient (Wildman–Crippen LogP) is 5.36. The fourth-order valence-electron chi connectivity index (χ4n) is 4.85. The van der Waals surface area contributed by atoms with Crippen LogP contribution >= 0.6 is 0 Å². The van der Waals surface area contributed by atoms with Crippen LogP contribution < -0.4 is 4.74 Å². The van der Waals surface area contributed by atoms with Crippen molar-refractivity contribution in [1.29, 1.82) is 0 Å². The van der Waals surface area contributed by atoms with Crippen molar-refractivity contribution in [2.75, 3.05) is 6.61 Å². The van der Waals surface area contributed by atoms with Gasteiger partial charge in [-0.25, -0.2) is 4.79 Å². The van der Waals surface area contributed by atoms with Gasteiger partial charge in [-0.05, 0) is 72.4 Å². The van der Waals surface area contributed by atoms with Crippen LogP contribution in [0, 0.1) is 0 Å². The molecule has 1 N–H and O–H groups in total. The molecule has 1 aliphatic carbocycles. The molecule has 0 unspecified atom stereocenters. The third kappa shape index (κ3) is 3.36. The summed E-state index contributed by atoms with van der Waals surface area (Å²) in [6, 6.07) is 19.1. The molecule has 0 saturated heterocycles. The minimum atomic E-state index is -0.889. The van der Waals surface area contributed by atoms with Gasteiger partial charge in [-0.2, -0.15) is 0 Å². The number of nitrogens with zero attached hydrogens (tertiary/aromatic N) is 1. The van der Waals surface area contributed by atoms with E-state index in [4.69, 9.17) is 4.74 Å². The lowest BCUT2D eigenvalue weighted by Gasteiger charge is -2.28. The van der Waals surface area contributed by atoms with Gasteiger partial charge in [0.15, 0.2) is 0 Å². The topological polar surface area (TPSA) is 59.4 Å². The fourth-order valence-corrected chi connectivity index (χ4v) is 4.85. The average Bonchev–Trinajstić information content (AvgIpc) is 3.60. The summed E-state index contributed by atoms with van der Waals surface area (Å²) in [4.78, 5) is 15.6. The highest BCUT2D eigenvalue weighted by molar-refractivity contribution is 5.89. The van der Waals surface area contributed by atoms with Gasteiger partial charge in [0.2, 0.25) is 0 Å². The first-order chi connectivity index (χ1) is 14.7. The van der Waals surface area contributed by atoms with Crippen molar-refractivity contribution in [3.63, 3.8) is 0 Å². The molecule has 152 valence electrons. The summed E-state index contributed by atoms with van der Waals surface area (Å²) < 4.78 is 6.06. The van der Waals surface area contributed by atoms with Crippen LogP contribution in [0.4, 0.5) is 0 Å². The van der Waals surface area contributed by atoms with Gasteiger partial charge in [0, 0.05) is 17.8 Å². The summed E-state index contributed by atoms with van der Waals surface area (Å²) in [5.41, 5.74) is 5.26. The van der Waals surface area contributed by atoms with Gasteiger partial charge in [0.25, 0.3) is 0 Å². The number of hydrogen-bond acceptors (Lipinski definition) is 3. The molecule has 0 radical (unpaired) electrons. The summed E-state index contributed by atoms with van der Waals surface area (Å²) in [6.07, 6.45) is 8.14. The number of aryl methyl sites for hydroxylation is 1. The van der Waals surface area contributed by atoms with Crippen LogP contribution in [0.15, 0.2) is 67.0 Å². The van der Waals surface area contributed by atoms with E-state index in [0.29, 0.717) is 24.5 Å². The van der Waals surface area contributed by atoms with Crippen molar-refractivity contribution < 1.29 is 14.6 Å². The predicted molar refractivity (Wildman–Crippen MR) is 115 cm³/mol. The Kier molecular flexibility index (Phi) is 4.78. The van der Waals surface area contributed by atoms with Gasteiger partial charge in [-0.15, -0.1) is 0 Å². The number of benzene rings is 2. The lowest BCUT2D eigenvalue weighted by atomic mass is 9.83. The maximum absolute atomic E-state index is 11.5. The third-order valence-electron chi connectivity index (χ3n) is 6.70. The van der Waals surface area contributed by atoms with Crippen molar-refractivity contribution in [1.82, 2.24) is 4.98 Å². The average molecular weight is 399 g/mol. The Labute approximate surface area is 176 Å². The summed E-state index contributed by atoms with van der Waals surface area (Å²) in [5.74, 6) is 0.479. The number of rotatable bonds is 6. The Morgan fingerprint density at radius 2 is 1.93 bits per heavy atom. The van der Waals surface area contributed by atoms with Gasteiger partial charge in [-0.1, -0.05) is 42.5 Å². The molecule has 4 heteroatoms. The zero-order valence-corrected chi connectivity index (χ0v) is 16.9. The van der Waals surface area contributed by atoms with Crippen LogP contribution in [0.25, 0.3) is 0 Å². The van der Waals surface area contributed by atoms with E-state index in [1.807, 2.05) is 0 Å². The number of carboxylic acids is 1. The highest BCUT2D eigenvalue weighted by atomic mass is 16.5. The summed E-state index contributed by atoms with van der Waals surface area (Å²) >= 11 is 0. The number of carboxylic acid groups (broad SMARTS) is 1. The zero-order valence-electron chi connectivity index (χ0n) is 16.9. The second kappa shape index (κ2) is 7.60. The number of ether oxygens (including phenoxy) is 1. The highest BCUT2D eigenvalue weighted by Crippen LogP contribution is 2.54. The van der Waals surface area contributed by atoms with Gasteiger partial charge < -0.3 is 9.84 Å². The monoisotopic (exact) mass is 399 g/mol. The van der Waals surface area contributed by atoms with Crippen LogP contribution in [-0.4, -0.2) is 22.7 Å². The maximum atomic E-state index is 11.5. The molecule has 0 spiro atoms. The van der Waals surface area contributed by atoms with Gasteiger partial charge in [0.05, 0.1) is 12.2 Å². The van der Waals surface area contributed by atoms with Crippen LogP contribution in [0.5, 0.6) is 5.75 Å². The summed E-state index contributed by atoms with van der Waals surface area (Å²) in [6.45, 7) is 0.707. The van der Waals surface area contributed by atoms with E-state index in [0.717, 1.165) is 24.2 Å². The van der Waals surface area contributed by atoms with Crippen LogP contribution in [0.1, 0.15) is 64.2 Å². The second-order valence-electron chi connectivity index (χ2n) is 8.41. The van der Waals surface area contributed by atoms with E-state index in [1.165, 1.54) is 29.5 Å². The van der Waals surface area contributed by atoms with Crippen molar-refractivity contribution in [3.8, 4) is 5.75 Å². The first-order valence-electron chi connectivity index (χ1n) is 10.7. The number of hydrogen-bond donors (Lipinski definition) is 1. The molecular weight excluding hydrogens is 374 g/mol. The minimum Gasteiger partial charge on any atom is -0.493 e. The smallest absolute Gasteiger partial charge is 0.336 e. The Hall–Kier alpha value is -3.14. The first kappa shape index (κ1) is 18.9. The van der Waals surface area contributed by atoms with E-state index in [9.17, 15) is 9.90 Å². The number of aromatic carboxylic acids is 1. The van der Waals surface area contributed by atoms with Gasteiger partial charge >= 0.3 is 5.97 Å². The van der Waals surface area contributed by atoms with Crippen LogP contribution in [-0.2, 0) is 11.8 Å². The molecule has 1 aromatic heterocycles. The normalized spacial score (nSPS) is 18.9. The molecule has 30 heavy (non-hydrogen) atoms. The second-order valence-corrected chi connectivity index (χ2v) is 8.41. The largest absolute Gasteiger partial charge is 0.493 e. The van der Waals surface area contributed by atoms with E-state index in [1.54, 1.807) is 18.5 Å². The van der Waals surface area contributed by atoms with Crippen molar-refractivity contribution in [2.45, 2.75) is 43.4 Å². The molecule has 2 heterocycles. The molecule has 1 fully saturated rings. The SMILES string of the molecule is O=C(O)c1ccncc1CC[C@@H]1CCOc2cc(C3(c4ccccc4)CC3)ccc21. The number of fused-ring (bicyclic) bond motifs is 1. The maximum Gasteiger partial charge on any atom is 0.336 e. The fraction of sp³-hybridized carbons (Fsp3) is 0.308. The van der Waals surface area contributed by atoms with E-state index >= 15 is 0 Å². The highest BCUT2D eigenvalue weighted by Gasteiger charge is 2.46. The molecule has 3 aromatic rings. The van der Waals surface area contributed by atoms with Crippen LogP contribution in [0.3, 0.4) is 0 Å². The van der Waals surface area contributed by atoms with E-state index in [-0.39, 0.29) is 5.41 Å². The molecule has 0 amide bonds. The molecular formula is C26H25NO3. The van der Waals surface area contributed by atoms with Gasteiger partial charge in [0.1, 0.15) is 5.75 Å². The molecule has 1 saturated carbocycles. The van der Waals surface area contributed by atoms with Crippen LogP contribution in [0.2, 0.25) is 0 Å². The number of aromatic nitrogens is 1. The Bertz CT molecular complexity index is 1070. The van der Waals surface area contributed by atoms with Gasteiger partial charge in [-0.3, -0.25) is 4.98 Å². The third-order valence-corrected chi connectivity index (χ3v) is 6.70. The lowest BCUT2D eigenvalue weighted by molar-refractivity contribution is 0.0695. The standard InChI is InChI=1S/C26H25NO3/c28-25(29)23-10-14-27-17-19(23)7-6-18-11-15-30-24-16-21(8-9-22(18)24)26(12-13-26)20-4-2-1-3-5-20/h1-5,8-10,14,16-18H,6-7,11-13,15H2,(H,28,29)/t18-/m1/s1. The molecule has 2 aromatic carbocycles. The Morgan fingerprint density at radius 3 is 2.70 bits per heavy atom. The van der Waals surface area contributed by atoms with E-state index < -0.39 is 5.97 Å². The molecule has 2 aliphatic rings. The van der Waals surface area contributed by atoms with E-state index in [2.05, 4.69) is 53.5 Å². The molecule has 5 rings (SSSR count). The molecule has 0 bridgehead atoms. The van der Waals surface area contributed by atoms with Crippen molar-refractivity contribution >= 4 is 5.97 Å². The summed E-state index contributed by atoms with van der Waals surface area (Å²) in [5, 5.41) is 9.42. The molecule has 4 nitrogen and oxygen atoms in total. The Balaban J connectivity index is 1.38. The molecule has 1 atom stereocenters. The lowest BCUT2D eigenvalue weighted by Crippen LogP contribution is -2.17. The minimum absolute atomic E-state index is 0.138. The first-order valence-corrected chi connectivity index (χ1v) is 10.7. The zero-order chi connectivity index (χ0) is 20.6. The summed E-state index contributed by atoms with van der Waals surface area (Å²) in [7, 11) is 0. The van der Waals surface area contributed by atoms with Crippen molar-refractivity contribution in [2.24, 2.45) is 0 Å². The number of pyridine rings is 1. The Morgan fingerprint density at radius 1 is 1.10 bits per heavy atom. The number of carbonyl (C=O) groups is 1. The molecule has 1 aliphatic heterocycles.